The molecule has 2 aromatic rings. The van der Waals surface area contributed by atoms with Gasteiger partial charge in [0.15, 0.2) is 0 Å². The molecular weight excluding hydrogens is 721 g/mol. The smallest absolute Gasteiger partial charge is 0.312 e. The molecule has 4 N–H and O–H groups in total. The number of esters is 1. The molecule has 288 valence electrons. The number of ether oxygens (including phenoxy) is 4. The molecule has 0 aromatic heterocycles. The zero-order valence-corrected chi connectivity index (χ0v) is 32.6. The van der Waals surface area contributed by atoms with Gasteiger partial charge in [0.1, 0.15) is 30.5 Å². The van der Waals surface area contributed by atoms with Crippen molar-refractivity contribution in [2.45, 2.75) is 70.9 Å². The molecule has 3 fully saturated rings. The molecule has 0 bridgehead atoms. The molecule has 2 aliphatic heterocycles. The molecule has 6 rings (SSSR count). The van der Waals surface area contributed by atoms with Crippen molar-refractivity contribution in [3.05, 3.63) is 63.4 Å². The van der Waals surface area contributed by atoms with Gasteiger partial charge in [0.2, 0.25) is 11.8 Å². The first-order valence-electron chi connectivity index (χ1n) is 18.3. The van der Waals surface area contributed by atoms with Gasteiger partial charge >= 0.3 is 5.97 Å². The minimum atomic E-state index is -1.07. The molecule has 2 unspecified atom stereocenters. The SMILES string of the molecule is COc1ccc(COC(=O)[C@@]2(C)CCCCC2C(=O)N2CCc3c(Cl)ccc(OC/C(N)=C(\CCl)N(C)N)c3C2CN2CC3(CC3)CC2=O)c(OC)c1. The Morgan fingerprint density at radius 1 is 1.08 bits per heavy atom. The minimum absolute atomic E-state index is 0.00436. The van der Waals surface area contributed by atoms with Crippen LogP contribution in [-0.4, -0.2) is 86.0 Å². The number of likely N-dealkylation sites (tertiary alicyclic amines) is 1. The van der Waals surface area contributed by atoms with Gasteiger partial charge in [0, 0.05) is 55.3 Å². The molecule has 1 saturated heterocycles. The Morgan fingerprint density at radius 2 is 1.85 bits per heavy atom. The predicted molar refractivity (Wildman–Crippen MR) is 201 cm³/mol. The van der Waals surface area contributed by atoms with E-state index in [4.69, 9.17) is 53.7 Å². The lowest BCUT2D eigenvalue weighted by atomic mass is 9.66. The Kier molecular flexibility index (Phi) is 11.6. The minimum Gasteiger partial charge on any atom is -0.497 e. The van der Waals surface area contributed by atoms with Gasteiger partial charge in [-0.25, -0.2) is 5.84 Å². The monoisotopic (exact) mass is 771 g/mol. The fraction of sp³-hybridized carbons (Fsp3) is 0.564. The third-order valence-corrected chi connectivity index (χ3v) is 12.3. The number of hydrogen-bond acceptors (Lipinski definition) is 10. The van der Waals surface area contributed by atoms with Gasteiger partial charge in [-0.2, -0.15) is 0 Å². The summed E-state index contributed by atoms with van der Waals surface area (Å²) in [6.45, 7) is 3.13. The van der Waals surface area contributed by atoms with E-state index in [-0.39, 0.29) is 42.9 Å². The molecule has 14 heteroatoms. The Bertz CT molecular complexity index is 1770. The maximum atomic E-state index is 15.0. The molecule has 53 heavy (non-hydrogen) atoms. The number of hydrogen-bond donors (Lipinski definition) is 2. The Balaban J connectivity index is 1.31. The molecule has 0 radical (unpaired) electrons. The zero-order valence-electron chi connectivity index (χ0n) is 31.1. The van der Waals surface area contributed by atoms with Gasteiger partial charge < -0.3 is 39.5 Å². The number of nitrogens with two attached hydrogens (primary N) is 2. The number of benzene rings is 2. The summed E-state index contributed by atoms with van der Waals surface area (Å²) in [6.07, 6.45) is 5.67. The molecule has 2 heterocycles. The summed E-state index contributed by atoms with van der Waals surface area (Å²) >= 11 is 13.0. The summed E-state index contributed by atoms with van der Waals surface area (Å²) in [5, 5.41) is 1.92. The van der Waals surface area contributed by atoms with Crippen molar-refractivity contribution in [1.29, 1.82) is 0 Å². The number of amides is 2. The van der Waals surface area contributed by atoms with Crippen molar-refractivity contribution in [2.24, 2.45) is 28.3 Å². The second kappa shape index (κ2) is 15.8. The lowest BCUT2D eigenvalue weighted by molar-refractivity contribution is -0.169. The van der Waals surface area contributed by atoms with E-state index in [0.29, 0.717) is 78.0 Å². The third kappa shape index (κ3) is 7.86. The van der Waals surface area contributed by atoms with E-state index in [0.717, 1.165) is 36.8 Å². The van der Waals surface area contributed by atoms with Crippen LogP contribution in [0.25, 0.3) is 0 Å². The Labute approximate surface area is 321 Å². The maximum Gasteiger partial charge on any atom is 0.312 e. The quantitative estimate of drug-likeness (QED) is 0.119. The molecule has 2 saturated carbocycles. The molecule has 1 spiro atoms. The topological polar surface area (TPSA) is 150 Å². The van der Waals surface area contributed by atoms with Crippen LogP contribution in [0, 0.1) is 16.7 Å². The van der Waals surface area contributed by atoms with Crippen LogP contribution < -0.4 is 25.8 Å². The number of fused-ring (bicyclic) bond motifs is 1. The molecule has 12 nitrogen and oxygen atoms in total. The van der Waals surface area contributed by atoms with Crippen LogP contribution in [0.15, 0.2) is 41.7 Å². The highest BCUT2D eigenvalue weighted by Crippen LogP contribution is 2.54. The molecular formula is C39H51Cl2N5O7. The standard InChI is InChI=1S/C39H51Cl2N5O7/c1-38(37(49)53-21-24-8-9-25(50-3)17-33(24)51-4)13-6-5-7-27(38)36(48)46-16-12-26-28(41)10-11-32(52-22-29(42)30(19-40)44(2)43)35(26)31(46)20-45-23-39(14-15-39)18-34(45)47/h8-11,17,27,31H,5-7,12-16,18-23,42-43H2,1-4H3/b30-29-/t27?,31?,38-/m0/s1. The number of nitrogens with zero attached hydrogens (tertiary/aromatic N) is 3. The first-order chi connectivity index (χ1) is 25.3. The zero-order chi connectivity index (χ0) is 38.1. The Morgan fingerprint density at radius 3 is 2.51 bits per heavy atom. The number of methoxy groups -OCH3 is 2. The van der Waals surface area contributed by atoms with Crippen molar-refractivity contribution in [2.75, 3.05) is 53.4 Å². The summed E-state index contributed by atoms with van der Waals surface area (Å²) < 4.78 is 23.2. The maximum absolute atomic E-state index is 15.0. The predicted octanol–water partition coefficient (Wildman–Crippen LogP) is 5.33. The van der Waals surface area contributed by atoms with Gasteiger partial charge in [-0.1, -0.05) is 24.4 Å². The lowest BCUT2D eigenvalue weighted by Gasteiger charge is -2.45. The number of hydrazine groups is 1. The van der Waals surface area contributed by atoms with Crippen molar-refractivity contribution in [3.63, 3.8) is 0 Å². The van der Waals surface area contributed by atoms with E-state index in [2.05, 4.69) is 0 Å². The summed E-state index contributed by atoms with van der Waals surface area (Å²) in [4.78, 5) is 46.3. The van der Waals surface area contributed by atoms with Crippen molar-refractivity contribution < 1.29 is 33.3 Å². The highest BCUT2D eigenvalue weighted by atomic mass is 35.5. The third-order valence-electron chi connectivity index (χ3n) is 11.7. The second-order valence-corrected chi connectivity index (χ2v) is 15.8. The van der Waals surface area contributed by atoms with Crippen molar-refractivity contribution in [1.82, 2.24) is 14.8 Å². The van der Waals surface area contributed by atoms with Gasteiger partial charge in [-0.05, 0) is 74.3 Å². The van der Waals surface area contributed by atoms with E-state index in [1.807, 2.05) is 16.7 Å². The Hall–Kier alpha value is -3.87. The van der Waals surface area contributed by atoms with Crippen LogP contribution in [-0.2, 0) is 32.1 Å². The van der Waals surface area contributed by atoms with Gasteiger partial charge in [0.05, 0.1) is 48.9 Å². The summed E-state index contributed by atoms with van der Waals surface area (Å²) in [5.74, 6) is 6.60. The van der Waals surface area contributed by atoms with Crippen LogP contribution in [0.5, 0.6) is 17.2 Å². The highest BCUT2D eigenvalue weighted by molar-refractivity contribution is 6.31. The van der Waals surface area contributed by atoms with Gasteiger partial charge in [-0.15, -0.1) is 11.6 Å². The van der Waals surface area contributed by atoms with Crippen LogP contribution in [0.2, 0.25) is 5.02 Å². The molecule has 2 amide bonds. The average molecular weight is 773 g/mol. The second-order valence-electron chi connectivity index (χ2n) is 15.2. The summed E-state index contributed by atoms with van der Waals surface area (Å²) in [7, 11) is 4.78. The fourth-order valence-corrected chi connectivity index (χ4v) is 8.95. The van der Waals surface area contributed by atoms with Gasteiger partial charge in [-0.3, -0.25) is 14.4 Å². The molecule has 2 aliphatic carbocycles. The van der Waals surface area contributed by atoms with Crippen molar-refractivity contribution in [3.8, 4) is 17.2 Å². The van der Waals surface area contributed by atoms with E-state index in [1.165, 1.54) is 5.01 Å². The molecule has 4 aliphatic rings. The number of alkyl halides is 1. The molecule has 3 atom stereocenters. The van der Waals surface area contributed by atoms with E-state index in [1.54, 1.807) is 51.6 Å². The normalized spacial score (nSPS) is 23.6. The van der Waals surface area contributed by atoms with Crippen LogP contribution in [0.3, 0.4) is 0 Å². The highest BCUT2D eigenvalue weighted by Gasteiger charge is 2.54. The number of carbonyl (C=O) groups is 3. The fourth-order valence-electron chi connectivity index (χ4n) is 8.33. The average Bonchev–Trinajstić information content (AvgIpc) is 3.83. The van der Waals surface area contributed by atoms with Crippen molar-refractivity contribution >= 4 is 41.0 Å². The molecule has 2 aromatic carbocycles. The van der Waals surface area contributed by atoms with E-state index >= 15 is 4.79 Å². The van der Waals surface area contributed by atoms with E-state index in [9.17, 15) is 9.59 Å². The number of halogens is 2. The van der Waals surface area contributed by atoms with Crippen LogP contribution >= 0.6 is 23.2 Å². The number of carbonyl (C=O) groups excluding carboxylic acids is 3. The van der Waals surface area contributed by atoms with Crippen LogP contribution in [0.4, 0.5) is 0 Å². The number of allylic oxidation sites excluding steroid dienone is 1. The number of rotatable bonds is 13. The lowest BCUT2D eigenvalue weighted by Crippen LogP contribution is -2.53. The first-order valence-corrected chi connectivity index (χ1v) is 19.2. The first kappa shape index (κ1) is 38.8. The summed E-state index contributed by atoms with van der Waals surface area (Å²) in [5.41, 5.74) is 8.52. The van der Waals surface area contributed by atoms with Gasteiger partial charge in [0.25, 0.3) is 0 Å². The van der Waals surface area contributed by atoms with E-state index < -0.39 is 23.3 Å². The summed E-state index contributed by atoms with van der Waals surface area (Å²) in [6, 6.07) is 8.33. The largest absolute Gasteiger partial charge is 0.497 e. The van der Waals surface area contributed by atoms with Crippen LogP contribution in [0.1, 0.15) is 74.6 Å².